The maximum absolute atomic E-state index is 5.45. The van der Waals surface area contributed by atoms with E-state index in [-0.39, 0.29) is 36.1 Å². The van der Waals surface area contributed by atoms with Crippen molar-refractivity contribution in [1.29, 1.82) is 0 Å². The van der Waals surface area contributed by atoms with E-state index in [1.807, 2.05) is 0 Å². The molecule has 0 saturated carbocycles. The molecule has 0 bridgehead atoms. The molecule has 1 aromatic heterocycles. The van der Waals surface area contributed by atoms with Gasteiger partial charge in [0.1, 0.15) is 0 Å². The van der Waals surface area contributed by atoms with Crippen LogP contribution in [0.5, 0.6) is 0 Å². The van der Waals surface area contributed by atoms with Crippen molar-refractivity contribution in [3.05, 3.63) is 15.9 Å². The molecule has 0 aliphatic rings. The van der Waals surface area contributed by atoms with Crippen LogP contribution in [-0.4, -0.2) is 14.5 Å². The summed E-state index contributed by atoms with van der Waals surface area (Å²) >= 11 is 15.4. The van der Waals surface area contributed by atoms with E-state index < -0.39 is 0 Å². The van der Waals surface area contributed by atoms with Gasteiger partial charge in [-0.05, 0) is 0 Å². The topological polar surface area (TPSA) is 30.7 Å². The molecule has 0 spiro atoms. The second kappa shape index (κ2) is 4.64. The number of hydrogen-bond donors (Lipinski definition) is 0. The minimum atomic E-state index is 0. The van der Waals surface area contributed by atoms with Crippen molar-refractivity contribution < 1.29 is 31.0 Å². The second-order valence-electron chi connectivity index (χ2n) is 1.24. The molecule has 0 aliphatic carbocycles. The van der Waals surface area contributed by atoms with E-state index in [2.05, 4.69) is 22.4 Å². The van der Waals surface area contributed by atoms with Crippen molar-refractivity contribution in [3.8, 4) is 0 Å². The Hall–Kier alpha value is 0.810. The molecular weight excluding hydrogens is 204 g/mol. The van der Waals surface area contributed by atoms with Gasteiger partial charge in [0.05, 0.1) is 22.5 Å². The summed E-state index contributed by atoms with van der Waals surface area (Å²) in [4.78, 5) is 0. The fraction of sp³-hybridized carbons (Fsp3) is 0. The largest absolute Gasteiger partial charge is 1.00 e. The van der Waals surface area contributed by atoms with Gasteiger partial charge in [-0.3, -0.25) is 0 Å². The SMILES string of the molecule is S=c1cnn(Cl)nc1Cl.[H-].[Na+]. The van der Waals surface area contributed by atoms with E-state index >= 15 is 0 Å². The summed E-state index contributed by atoms with van der Waals surface area (Å²) in [5.41, 5.74) is 0. The van der Waals surface area contributed by atoms with Crippen LogP contribution in [0.15, 0.2) is 6.20 Å². The van der Waals surface area contributed by atoms with Crippen LogP contribution in [0, 0.1) is 4.51 Å². The summed E-state index contributed by atoms with van der Waals surface area (Å²) in [6.45, 7) is 0. The molecular formula is C3H2Cl2N3NaS. The first-order chi connectivity index (χ1) is 4.20. The van der Waals surface area contributed by atoms with E-state index in [1.54, 1.807) is 0 Å². The predicted octanol–water partition coefficient (Wildman–Crippen LogP) is -1.22. The predicted molar refractivity (Wildman–Crippen MR) is 38.2 cm³/mol. The van der Waals surface area contributed by atoms with Crippen LogP contribution >= 0.6 is 35.6 Å². The van der Waals surface area contributed by atoms with Gasteiger partial charge < -0.3 is 1.43 Å². The second-order valence-corrected chi connectivity index (χ2v) is 2.34. The molecule has 0 aliphatic heterocycles. The van der Waals surface area contributed by atoms with Crippen LogP contribution in [0.2, 0.25) is 5.15 Å². The van der Waals surface area contributed by atoms with Crippen LogP contribution in [0.25, 0.3) is 0 Å². The van der Waals surface area contributed by atoms with Gasteiger partial charge >= 0.3 is 29.6 Å². The van der Waals surface area contributed by atoms with Gasteiger partial charge in [0.2, 0.25) is 0 Å². The van der Waals surface area contributed by atoms with Crippen molar-refractivity contribution >= 4 is 35.6 Å². The Kier molecular flexibility index (Phi) is 5.02. The van der Waals surface area contributed by atoms with E-state index in [9.17, 15) is 0 Å². The Bertz CT molecular complexity index is 280. The zero-order valence-electron chi connectivity index (χ0n) is 6.08. The molecule has 0 radical (unpaired) electrons. The average Bonchev–Trinajstić information content (AvgIpc) is 1.80. The Balaban J connectivity index is 0. The summed E-state index contributed by atoms with van der Waals surface area (Å²) in [6, 6.07) is 0. The maximum atomic E-state index is 5.45. The van der Waals surface area contributed by atoms with Crippen LogP contribution in [0.4, 0.5) is 0 Å². The Morgan fingerprint density at radius 3 is 2.70 bits per heavy atom. The monoisotopic (exact) mass is 205 g/mol. The normalized spacial score (nSPS) is 8.60. The van der Waals surface area contributed by atoms with Gasteiger partial charge in [-0.15, -0.1) is 10.2 Å². The van der Waals surface area contributed by atoms with E-state index in [0.717, 1.165) is 4.32 Å². The molecule has 0 amide bonds. The maximum Gasteiger partial charge on any atom is 1.00 e. The Labute approximate surface area is 96.2 Å². The quantitative estimate of drug-likeness (QED) is 0.393. The molecule has 7 heteroatoms. The van der Waals surface area contributed by atoms with Crippen LogP contribution in [0.1, 0.15) is 1.43 Å². The molecule has 50 valence electrons. The molecule has 1 rings (SSSR count). The zero-order valence-corrected chi connectivity index (χ0v) is 9.41. The standard InChI is InChI=1S/C3HCl2N3S.Na.H/c4-3-2(9)1-6-8(5)7-3;;/h1H;;/q;+1;-1. The fourth-order valence-corrected chi connectivity index (χ4v) is 0.667. The van der Waals surface area contributed by atoms with Crippen LogP contribution < -0.4 is 29.6 Å². The molecule has 3 nitrogen and oxygen atoms in total. The van der Waals surface area contributed by atoms with Crippen molar-refractivity contribution in [2.45, 2.75) is 0 Å². The first kappa shape index (κ1) is 10.8. The molecule has 0 atom stereocenters. The third-order valence-corrected chi connectivity index (χ3v) is 1.50. The van der Waals surface area contributed by atoms with E-state index in [1.165, 1.54) is 6.20 Å². The molecule has 0 fully saturated rings. The van der Waals surface area contributed by atoms with E-state index in [0.29, 0.717) is 4.51 Å². The van der Waals surface area contributed by atoms with Gasteiger partial charge in [-0.2, -0.15) is 0 Å². The van der Waals surface area contributed by atoms with Crippen molar-refractivity contribution in [3.63, 3.8) is 0 Å². The minimum absolute atomic E-state index is 0. The number of nitrogens with zero attached hydrogens (tertiary/aromatic N) is 3. The molecule has 1 aromatic rings. The van der Waals surface area contributed by atoms with Gasteiger partial charge in [0.15, 0.2) is 5.15 Å². The third kappa shape index (κ3) is 2.82. The third-order valence-electron chi connectivity index (χ3n) is 0.644. The molecule has 0 unspecified atom stereocenters. The first-order valence-corrected chi connectivity index (χ1v) is 3.11. The zero-order chi connectivity index (χ0) is 6.85. The first-order valence-electron chi connectivity index (χ1n) is 1.98. The van der Waals surface area contributed by atoms with Crippen LogP contribution in [0.3, 0.4) is 0 Å². The van der Waals surface area contributed by atoms with Crippen molar-refractivity contribution in [2.24, 2.45) is 0 Å². The van der Waals surface area contributed by atoms with Gasteiger partial charge in [-0.1, -0.05) is 28.1 Å². The number of hydrogen-bond acceptors (Lipinski definition) is 3. The van der Waals surface area contributed by atoms with Gasteiger partial charge in [0.25, 0.3) is 0 Å². The molecule has 0 N–H and O–H groups in total. The molecule has 10 heavy (non-hydrogen) atoms. The van der Waals surface area contributed by atoms with Crippen molar-refractivity contribution in [2.75, 3.05) is 0 Å². The summed E-state index contributed by atoms with van der Waals surface area (Å²) in [7, 11) is 0. The Morgan fingerprint density at radius 1 is 1.70 bits per heavy atom. The van der Waals surface area contributed by atoms with Gasteiger partial charge in [0, 0.05) is 0 Å². The summed E-state index contributed by atoms with van der Waals surface area (Å²) in [6.07, 6.45) is 1.36. The van der Waals surface area contributed by atoms with E-state index in [4.69, 9.17) is 23.4 Å². The van der Waals surface area contributed by atoms with Crippen LogP contribution in [-0.2, 0) is 0 Å². The Morgan fingerprint density at radius 2 is 2.30 bits per heavy atom. The minimum Gasteiger partial charge on any atom is -1.00 e. The summed E-state index contributed by atoms with van der Waals surface area (Å²) in [5, 5.41) is 7.22. The smallest absolute Gasteiger partial charge is 1.00 e. The summed E-state index contributed by atoms with van der Waals surface area (Å²) in [5.74, 6) is 0. The molecule has 0 aromatic carbocycles. The average molecular weight is 206 g/mol. The summed E-state index contributed by atoms with van der Waals surface area (Å²) < 4.78 is 1.23. The molecule has 1 heterocycles. The number of aromatic nitrogens is 3. The number of halogens is 2. The van der Waals surface area contributed by atoms with Crippen molar-refractivity contribution in [1.82, 2.24) is 14.5 Å². The van der Waals surface area contributed by atoms with Gasteiger partial charge in [-0.25, -0.2) is 0 Å². The molecule has 0 saturated heterocycles. The number of rotatable bonds is 0. The fourth-order valence-electron chi connectivity index (χ4n) is 0.301.